The van der Waals surface area contributed by atoms with E-state index in [1.807, 2.05) is 12.3 Å². The summed E-state index contributed by atoms with van der Waals surface area (Å²) >= 11 is 0. The van der Waals surface area contributed by atoms with Crippen LogP contribution in [-0.4, -0.2) is 67.1 Å². The number of nitrogens with zero attached hydrogens (tertiary/aromatic N) is 5. The topological polar surface area (TPSA) is 89.6 Å². The van der Waals surface area contributed by atoms with E-state index in [0.29, 0.717) is 31.0 Å². The number of aromatic nitrogens is 3. The summed E-state index contributed by atoms with van der Waals surface area (Å²) in [5.74, 6) is 3.02. The maximum absolute atomic E-state index is 6.04. The molecule has 29 heavy (non-hydrogen) atoms. The molecule has 5 heterocycles. The van der Waals surface area contributed by atoms with Crippen LogP contribution in [0.3, 0.4) is 0 Å². The monoisotopic (exact) mass is 394 g/mol. The number of nitrogen functional groups attached to an aromatic ring is 1. The molecule has 1 aliphatic carbocycles. The minimum absolute atomic E-state index is 0.345. The van der Waals surface area contributed by atoms with Crippen molar-refractivity contribution in [2.24, 2.45) is 0 Å². The molecule has 0 radical (unpaired) electrons. The molecule has 2 aromatic heterocycles. The third kappa shape index (κ3) is 3.02. The molecule has 0 bridgehead atoms. The largest absolute Gasteiger partial charge is 0.384 e. The van der Waals surface area contributed by atoms with E-state index in [1.165, 1.54) is 24.0 Å². The van der Waals surface area contributed by atoms with Crippen LogP contribution in [0.25, 0.3) is 11.3 Å². The van der Waals surface area contributed by atoms with E-state index >= 15 is 0 Å². The second kappa shape index (κ2) is 6.81. The molecule has 6 rings (SSSR count). The first-order chi connectivity index (χ1) is 14.3. The molecular formula is C21H26N6O2. The SMILES string of the molecule is Nc1cc(C2CC2)c(-c2nc(N3CCOCC3)nc3c2CC2COCCN32)cn1. The second-order valence-corrected chi connectivity index (χ2v) is 8.37. The Bertz CT molecular complexity index is 941. The first-order valence-electron chi connectivity index (χ1n) is 10.6. The fourth-order valence-electron chi connectivity index (χ4n) is 4.77. The van der Waals surface area contributed by atoms with Crippen molar-refractivity contribution in [1.29, 1.82) is 0 Å². The lowest BCUT2D eigenvalue weighted by molar-refractivity contribution is 0.0974. The van der Waals surface area contributed by atoms with Gasteiger partial charge in [0, 0.05) is 43.4 Å². The first kappa shape index (κ1) is 17.4. The summed E-state index contributed by atoms with van der Waals surface area (Å²) in [5.41, 5.74) is 10.7. The van der Waals surface area contributed by atoms with Crippen molar-refractivity contribution in [1.82, 2.24) is 15.0 Å². The summed E-state index contributed by atoms with van der Waals surface area (Å²) in [4.78, 5) is 19.2. The van der Waals surface area contributed by atoms with Crippen LogP contribution in [0.1, 0.15) is 29.9 Å². The van der Waals surface area contributed by atoms with Crippen molar-refractivity contribution >= 4 is 17.6 Å². The van der Waals surface area contributed by atoms with Gasteiger partial charge in [0.2, 0.25) is 5.95 Å². The molecule has 152 valence electrons. The lowest BCUT2D eigenvalue weighted by Crippen LogP contribution is -2.43. The Labute approximate surface area is 170 Å². The number of fused-ring (bicyclic) bond motifs is 3. The molecule has 0 aromatic carbocycles. The Balaban J connectivity index is 1.51. The van der Waals surface area contributed by atoms with Gasteiger partial charge in [-0.25, -0.2) is 9.97 Å². The minimum Gasteiger partial charge on any atom is -0.384 e. The van der Waals surface area contributed by atoms with Gasteiger partial charge in [-0.15, -0.1) is 0 Å². The summed E-state index contributed by atoms with van der Waals surface area (Å²) in [6.45, 7) is 5.45. The van der Waals surface area contributed by atoms with E-state index < -0.39 is 0 Å². The van der Waals surface area contributed by atoms with Crippen molar-refractivity contribution in [2.45, 2.75) is 31.2 Å². The molecule has 1 atom stereocenters. The highest BCUT2D eigenvalue weighted by molar-refractivity contribution is 5.76. The molecule has 2 aromatic rings. The number of pyridine rings is 1. The number of rotatable bonds is 3. The van der Waals surface area contributed by atoms with Crippen molar-refractivity contribution in [3.8, 4) is 11.3 Å². The van der Waals surface area contributed by atoms with Crippen LogP contribution >= 0.6 is 0 Å². The summed E-state index contributed by atoms with van der Waals surface area (Å²) in [7, 11) is 0. The van der Waals surface area contributed by atoms with E-state index in [-0.39, 0.29) is 0 Å². The number of hydrogen-bond donors (Lipinski definition) is 1. The molecule has 4 aliphatic rings. The molecule has 1 saturated carbocycles. The zero-order valence-electron chi connectivity index (χ0n) is 16.5. The predicted octanol–water partition coefficient (Wildman–Crippen LogP) is 1.60. The molecule has 0 spiro atoms. The summed E-state index contributed by atoms with van der Waals surface area (Å²) in [6, 6.07) is 2.39. The molecular weight excluding hydrogens is 368 g/mol. The first-order valence-corrected chi connectivity index (χ1v) is 10.6. The maximum atomic E-state index is 6.04. The van der Waals surface area contributed by atoms with Gasteiger partial charge in [-0.05, 0) is 30.4 Å². The number of anilines is 3. The van der Waals surface area contributed by atoms with E-state index in [4.69, 9.17) is 25.2 Å². The summed E-state index contributed by atoms with van der Waals surface area (Å²) in [6.07, 6.45) is 5.26. The third-order valence-electron chi connectivity index (χ3n) is 6.44. The lowest BCUT2D eigenvalue weighted by atomic mass is 9.98. The van der Waals surface area contributed by atoms with Gasteiger partial charge in [-0.3, -0.25) is 0 Å². The van der Waals surface area contributed by atoms with Gasteiger partial charge in [-0.1, -0.05) is 0 Å². The van der Waals surface area contributed by atoms with Gasteiger partial charge < -0.3 is 25.0 Å². The Morgan fingerprint density at radius 3 is 2.69 bits per heavy atom. The Morgan fingerprint density at radius 2 is 1.86 bits per heavy atom. The van der Waals surface area contributed by atoms with Crippen molar-refractivity contribution < 1.29 is 9.47 Å². The third-order valence-corrected chi connectivity index (χ3v) is 6.44. The Morgan fingerprint density at radius 1 is 1.03 bits per heavy atom. The average Bonchev–Trinajstić information content (AvgIpc) is 3.54. The zero-order chi connectivity index (χ0) is 19.4. The van der Waals surface area contributed by atoms with E-state index in [1.54, 1.807) is 0 Å². The Hall–Kier alpha value is -2.45. The fraction of sp³-hybridized carbons (Fsp3) is 0.571. The van der Waals surface area contributed by atoms with E-state index in [0.717, 1.165) is 62.3 Å². The zero-order valence-corrected chi connectivity index (χ0v) is 16.5. The van der Waals surface area contributed by atoms with Gasteiger partial charge in [-0.2, -0.15) is 4.98 Å². The average molecular weight is 394 g/mol. The highest BCUT2D eigenvalue weighted by Crippen LogP contribution is 2.47. The standard InChI is InChI=1S/C21H26N6O2/c22-18-10-15(13-1-2-13)17(11-23-18)19-16-9-14-12-29-8-5-27(14)20(16)25-21(24-19)26-3-6-28-7-4-26/h10-11,13-14H,1-9,12H2,(H2,22,23). The van der Waals surface area contributed by atoms with Crippen LogP contribution in [0.15, 0.2) is 12.3 Å². The number of hydrogen-bond acceptors (Lipinski definition) is 8. The van der Waals surface area contributed by atoms with Crippen LogP contribution in [0.5, 0.6) is 0 Å². The van der Waals surface area contributed by atoms with Crippen LogP contribution in [0, 0.1) is 0 Å². The number of morpholine rings is 2. The molecule has 8 heteroatoms. The van der Waals surface area contributed by atoms with Crippen molar-refractivity contribution in [3.05, 3.63) is 23.4 Å². The van der Waals surface area contributed by atoms with Gasteiger partial charge in [0.15, 0.2) is 0 Å². The molecule has 2 N–H and O–H groups in total. The normalized spacial score (nSPS) is 23.8. The smallest absolute Gasteiger partial charge is 0.228 e. The quantitative estimate of drug-likeness (QED) is 0.840. The molecule has 8 nitrogen and oxygen atoms in total. The molecule has 2 saturated heterocycles. The Kier molecular flexibility index (Phi) is 4.09. The van der Waals surface area contributed by atoms with E-state index in [9.17, 15) is 0 Å². The van der Waals surface area contributed by atoms with E-state index in [2.05, 4.69) is 14.8 Å². The lowest BCUT2D eigenvalue weighted by Gasteiger charge is -2.32. The predicted molar refractivity (Wildman–Crippen MR) is 110 cm³/mol. The highest BCUT2D eigenvalue weighted by atomic mass is 16.5. The van der Waals surface area contributed by atoms with Gasteiger partial charge in [0.25, 0.3) is 0 Å². The van der Waals surface area contributed by atoms with Gasteiger partial charge >= 0.3 is 0 Å². The van der Waals surface area contributed by atoms with Gasteiger partial charge in [0.1, 0.15) is 11.6 Å². The fourth-order valence-corrected chi connectivity index (χ4v) is 4.77. The van der Waals surface area contributed by atoms with Crippen LogP contribution < -0.4 is 15.5 Å². The summed E-state index contributed by atoms with van der Waals surface area (Å²) in [5, 5.41) is 0. The minimum atomic E-state index is 0.345. The van der Waals surface area contributed by atoms with Crippen LogP contribution in [0.2, 0.25) is 0 Å². The van der Waals surface area contributed by atoms with Crippen molar-refractivity contribution in [3.63, 3.8) is 0 Å². The van der Waals surface area contributed by atoms with Crippen molar-refractivity contribution in [2.75, 3.05) is 61.6 Å². The molecule has 1 unspecified atom stereocenters. The summed E-state index contributed by atoms with van der Waals surface area (Å²) < 4.78 is 11.3. The number of ether oxygens (including phenoxy) is 2. The van der Waals surface area contributed by atoms with Crippen LogP contribution in [0.4, 0.5) is 17.6 Å². The second-order valence-electron chi connectivity index (χ2n) is 8.37. The van der Waals surface area contributed by atoms with Gasteiger partial charge in [0.05, 0.1) is 38.2 Å². The highest BCUT2D eigenvalue weighted by Gasteiger charge is 2.38. The maximum Gasteiger partial charge on any atom is 0.228 e. The molecule has 3 aliphatic heterocycles. The molecule has 3 fully saturated rings. The van der Waals surface area contributed by atoms with Crippen LogP contribution in [-0.2, 0) is 15.9 Å². The number of nitrogens with two attached hydrogens (primary N) is 1. The molecule has 0 amide bonds.